The first-order valence-electron chi connectivity index (χ1n) is 13.6. The van der Waals surface area contributed by atoms with Gasteiger partial charge in [-0.25, -0.2) is 4.39 Å². The third kappa shape index (κ3) is 6.44. The van der Waals surface area contributed by atoms with Crippen LogP contribution in [-0.4, -0.2) is 66.9 Å². The molecule has 4 rings (SSSR count). The molecule has 1 unspecified atom stereocenters. The fourth-order valence-electron chi connectivity index (χ4n) is 5.78. The van der Waals surface area contributed by atoms with Gasteiger partial charge in [0.15, 0.2) is 0 Å². The lowest BCUT2D eigenvalue weighted by Crippen LogP contribution is -2.41. The number of likely N-dealkylation sites (tertiary alicyclic amines) is 1. The molecule has 0 aromatic heterocycles. The van der Waals surface area contributed by atoms with E-state index in [1.807, 2.05) is 26.0 Å². The van der Waals surface area contributed by atoms with E-state index in [1.54, 1.807) is 31.3 Å². The molecule has 3 atom stereocenters. The molecule has 2 aliphatic heterocycles. The van der Waals surface area contributed by atoms with E-state index in [9.17, 15) is 9.90 Å². The second-order valence-corrected chi connectivity index (χ2v) is 11.4. The summed E-state index contributed by atoms with van der Waals surface area (Å²) < 4.78 is 21.1. The molecule has 7 heteroatoms. The number of ether oxygens (including phenoxy) is 1. The summed E-state index contributed by atoms with van der Waals surface area (Å²) in [5.41, 5.74) is 0.954. The Labute approximate surface area is 221 Å². The van der Waals surface area contributed by atoms with Gasteiger partial charge in [-0.15, -0.1) is 0 Å². The summed E-state index contributed by atoms with van der Waals surface area (Å²) in [4.78, 5) is 19.2. The van der Waals surface area contributed by atoms with Crippen LogP contribution < -0.4 is 14.5 Å². The number of anilines is 2. The average molecular weight is 512 g/mol. The molecule has 0 aliphatic carbocycles. The Morgan fingerprint density at radius 1 is 1.22 bits per heavy atom. The molecule has 0 bridgehead atoms. The quantitative estimate of drug-likeness (QED) is 0.437. The van der Waals surface area contributed by atoms with Gasteiger partial charge in [-0.2, -0.15) is 0 Å². The van der Waals surface area contributed by atoms with Crippen molar-refractivity contribution in [2.45, 2.75) is 71.1 Å². The summed E-state index contributed by atoms with van der Waals surface area (Å²) in [6, 6.07) is 12.7. The maximum atomic E-state index is 15.4. The van der Waals surface area contributed by atoms with Crippen LogP contribution in [-0.2, 0) is 0 Å². The van der Waals surface area contributed by atoms with Crippen LogP contribution in [0.3, 0.4) is 0 Å². The molecule has 2 aliphatic rings. The maximum Gasteiger partial charge on any atom is 0.258 e. The van der Waals surface area contributed by atoms with E-state index in [4.69, 9.17) is 4.74 Å². The molecule has 2 aromatic rings. The monoisotopic (exact) mass is 511 g/mol. The van der Waals surface area contributed by atoms with E-state index in [0.717, 1.165) is 44.6 Å². The number of fused-ring (bicyclic) bond motifs is 1. The first kappa shape index (κ1) is 27.4. The van der Waals surface area contributed by atoms with Crippen LogP contribution in [0.5, 0.6) is 5.75 Å². The molecule has 6 nitrogen and oxygen atoms in total. The Hall–Kier alpha value is -2.64. The number of carbonyl (C=O) groups is 1. The minimum Gasteiger partial charge on any atom is -0.494 e. The molecule has 0 spiro atoms. The summed E-state index contributed by atoms with van der Waals surface area (Å²) in [6.07, 6.45) is 3.80. The number of halogens is 1. The highest BCUT2D eigenvalue weighted by atomic mass is 19.1. The summed E-state index contributed by atoms with van der Waals surface area (Å²) in [5, 5.41) is 10.2. The minimum absolute atomic E-state index is 0.194. The fraction of sp³-hybridized carbons (Fsp3) is 0.567. The lowest BCUT2D eigenvalue weighted by molar-refractivity contribution is 0.0412. The minimum atomic E-state index is -0.702. The van der Waals surface area contributed by atoms with Crippen molar-refractivity contribution in [3.63, 3.8) is 0 Å². The number of nitrogens with zero attached hydrogens (tertiary/aromatic N) is 3. The van der Waals surface area contributed by atoms with Gasteiger partial charge in [0.2, 0.25) is 0 Å². The molecule has 37 heavy (non-hydrogen) atoms. The van der Waals surface area contributed by atoms with E-state index in [2.05, 4.69) is 23.6 Å². The van der Waals surface area contributed by atoms with Crippen LogP contribution in [0.15, 0.2) is 42.5 Å². The number of hydrogen-bond acceptors (Lipinski definition) is 5. The Bertz CT molecular complexity index is 1070. The van der Waals surface area contributed by atoms with Crippen LogP contribution in [0.2, 0.25) is 0 Å². The topological polar surface area (TPSA) is 56.2 Å². The van der Waals surface area contributed by atoms with Crippen molar-refractivity contribution in [2.75, 3.05) is 43.1 Å². The van der Waals surface area contributed by atoms with Gasteiger partial charge < -0.3 is 19.6 Å². The summed E-state index contributed by atoms with van der Waals surface area (Å²) in [6.45, 7) is 11.3. The van der Waals surface area contributed by atoms with Crippen molar-refractivity contribution in [1.29, 1.82) is 0 Å². The highest BCUT2D eigenvalue weighted by Gasteiger charge is 2.43. The molecule has 2 aromatic carbocycles. The van der Waals surface area contributed by atoms with Gasteiger partial charge in [-0.05, 0) is 88.4 Å². The lowest BCUT2D eigenvalue weighted by Gasteiger charge is -2.32. The molecule has 2 saturated heterocycles. The third-order valence-corrected chi connectivity index (χ3v) is 7.79. The number of unbranched alkanes of at least 4 members (excludes halogenated alkanes) is 1. The Morgan fingerprint density at radius 2 is 1.95 bits per heavy atom. The number of aliphatic hydroxyl groups is 1. The van der Waals surface area contributed by atoms with Crippen LogP contribution in [0.4, 0.5) is 15.8 Å². The Morgan fingerprint density at radius 3 is 2.59 bits per heavy atom. The number of benzene rings is 2. The van der Waals surface area contributed by atoms with Crippen molar-refractivity contribution in [3.8, 4) is 5.75 Å². The summed E-state index contributed by atoms with van der Waals surface area (Å²) in [7, 11) is 1.67. The SMILES string of the molecule is CCCCOc1ccc(C(=O)N(C)c2ccc(N3CC[C@@H]4CN(C(C)CC(C)(C)O)C[C@@H]43)c(F)c2)cc1. The Kier molecular flexibility index (Phi) is 8.44. The zero-order chi connectivity index (χ0) is 26.7. The van der Waals surface area contributed by atoms with E-state index >= 15 is 4.39 Å². The lowest BCUT2D eigenvalue weighted by atomic mass is 9.99. The third-order valence-electron chi connectivity index (χ3n) is 7.79. The van der Waals surface area contributed by atoms with Crippen molar-refractivity contribution >= 4 is 17.3 Å². The molecular formula is C30H42FN3O3. The maximum absolute atomic E-state index is 15.4. The molecule has 202 valence electrons. The predicted molar refractivity (Wildman–Crippen MR) is 147 cm³/mol. The molecule has 0 radical (unpaired) electrons. The van der Waals surface area contributed by atoms with Gasteiger partial charge in [-0.1, -0.05) is 13.3 Å². The smallest absolute Gasteiger partial charge is 0.258 e. The molecule has 1 N–H and O–H groups in total. The van der Waals surface area contributed by atoms with Crippen molar-refractivity contribution in [1.82, 2.24) is 4.90 Å². The highest BCUT2D eigenvalue weighted by Crippen LogP contribution is 2.38. The highest BCUT2D eigenvalue weighted by molar-refractivity contribution is 6.05. The van der Waals surface area contributed by atoms with Crippen molar-refractivity contribution < 1.29 is 19.0 Å². The summed E-state index contributed by atoms with van der Waals surface area (Å²) >= 11 is 0. The van der Waals surface area contributed by atoms with Crippen LogP contribution in [0.25, 0.3) is 0 Å². The molecule has 2 fully saturated rings. The van der Waals surface area contributed by atoms with Crippen molar-refractivity contribution in [2.24, 2.45) is 5.92 Å². The van der Waals surface area contributed by atoms with E-state index in [0.29, 0.717) is 35.9 Å². The molecule has 1 amide bonds. The number of carbonyl (C=O) groups excluding carboxylic acids is 1. The fourth-order valence-corrected chi connectivity index (χ4v) is 5.78. The number of rotatable bonds is 10. The van der Waals surface area contributed by atoms with Gasteiger partial charge in [0.1, 0.15) is 11.6 Å². The van der Waals surface area contributed by atoms with Crippen LogP contribution in [0.1, 0.15) is 63.7 Å². The van der Waals surface area contributed by atoms with Gasteiger partial charge >= 0.3 is 0 Å². The predicted octanol–water partition coefficient (Wildman–Crippen LogP) is 5.34. The Balaban J connectivity index is 1.41. The molecular weight excluding hydrogens is 469 g/mol. The first-order valence-corrected chi connectivity index (χ1v) is 13.6. The largest absolute Gasteiger partial charge is 0.494 e. The van der Waals surface area contributed by atoms with Gasteiger partial charge in [0, 0.05) is 50.0 Å². The average Bonchev–Trinajstić information content (AvgIpc) is 3.44. The second kappa shape index (κ2) is 11.4. The normalized spacial score (nSPS) is 20.7. The second-order valence-electron chi connectivity index (χ2n) is 11.4. The van der Waals surface area contributed by atoms with E-state index < -0.39 is 5.60 Å². The zero-order valence-electron chi connectivity index (χ0n) is 22.9. The van der Waals surface area contributed by atoms with Crippen LogP contribution >= 0.6 is 0 Å². The van der Waals surface area contributed by atoms with Gasteiger partial charge in [-0.3, -0.25) is 9.69 Å². The standard InChI is InChI=1S/C30H42FN3O3/c1-6-7-16-37-25-11-8-22(9-12-25)29(35)32(5)24-10-13-27(26(31)17-24)34-15-14-23-19-33(20-28(23)34)21(2)18-30(3,4)36/h8-13,17,21,23,28,36H,6-7,14-16,18-20H2,1-5H3/t21?,23-,28+/m1/s1. The molecule has 0 saturated carbocycles. The first-order chi connectivity index (χ1) is 17.6. The van der Waals surface area contributed by atoms with Gasteiger partial charge in [0.25, 0.3) is 5.91 Å². The van der Waals surface area contributed by atoms with Crippen molar-refractivity contribution in [3.05, 3.63) is 53.8 Å². The molecule has 2 heterocycles. The zero-order valence-corrected chi connectivity index (χ0v) is 22.9. The number of hydrogen-bond donors (Lipinski definition) is 1. The van der Waals surface area contributed by atoms with Gasteiger partial charge in [0.05, 0.1) is 17.9 Å². The van der Waals surface area contributed by atoms with E-state index in [-0.39, 0.29) is 23.8 Å². The summed E-state index contributed by atoms with van der Waals surface area (Å²) in [5.74, 6) is 0.745. The van der Waals surface area contributed by atoms with E-state index in [1.165, 1.54) is 11.0 Å². The number of amides is 1. The van der Waals surface area contributed by atoms with Crippen LogP contribution in [0, 0.1) is 11.7 Å².